The average Bonchev–Trinajstić information content (AvgIpc) is 3.89. The third kappa shape index (κ3) is 7.95. The van der Waals surface area contributed by atoms with Gasteiger partial charge in [0.1, 0.15) is 5.84 Å². The van der Waals surface area contributed by atoms with Crippen molar-refractivity contribution in [2.45, 2.75) is 70.1 Å². The van der Waals surface area contributed by atoms with Crippen molar-refractivity contribution in [1.82, 2.24) is 20.4 Å². The maximum atomic E-state index is 13.3. The summed E-state index contributed by atoms with van der Waals surface area (Å²) in [4.78, 5) is 19.3. The number of alkyl halides is 3. The van der Waals surface area contributed by atoms with Gasteiger partial charge in [0.2, 0.25) is 5.96 Å². The van der Waals surface area contributed by atoms with Gasteiger partial charge in [0.05, 0.1) is 11.3 Å². The molecule has 7 nitrogen and oxygen atoms in total. The Morgan fingerprint density at radius 2 is 1.86 bits per heavy atom. The van der Waals surface area contributed by atoms with E-state index in [4.69, 9.17) is 9.98 Å². The summed E-state index contributed by atoms with van der Waals surface area (Å²) >= 11 is 0. The maximum Gasteiger partial charge on any atom is 0.416 e. The van der Waals surface area contributed by atoms with Crippen molar-refractivity contribution in [3.63, 3.8) is 0 Å². The van der Waals surface area contributed by atoms with Crippen LogP contribution in [0.1, 0.15) is 63.0 Å². The highest BCUT2D eigenvalue weighted by Crippen LogP contribution is 2.34. The van der Waals surface area contributed by atoms with Crippen LogP contribution in [0.3, 0.4) is 0 Å². The average molecular weight is 606 g/mol. The molecular formula is C34H42F3N7. The zero-order valence-electron chi connectivity index (χ0n) is 25.4. The summed E-state index contributed by atoms with van der Waals surface area (Å²) in [5.74, 6) is 2.26. The van der Waals surface area contributed by atoms with Gasteiger partial charge in [0.25, 0.3) is 0 Å². The topological polar surface area (TPSA) is 67.6 Å². The Hall–Kier alpha value is -3.50. The molecule has 0 spiro atoms. The Kier molecular flexibility index (Phi) is 9.47. The van der Waals surface area contributed by atoms with Gasteiger partial charge in [-0.25, -0.2) is 4.99 Å². The Labute approximate surface area is 258 Å². The fraction of sp³-hybridized carbons (Fsp3) is 0.500. The number of aliphatic imine (C=N–C) groups is 3. The van der Waals surface area contributed by atoms with Crippen LogP contribution >= 0.6 is 0 Å². The lowest BCUT2D eigenvalue weighted by Crippen LogP contribution is -2.52. The molecule has 1 aromatic carbocycles. The van der Waals surface area contributed by atoms with E-state index in [0.29, 0.717) is 29.5 Å². The van der Waals surface area contributed by atoms with E-state index in [1.807, 2.05) is 18.5 Å². The van der Waals surface area contributed by atoms with Gasteiger partial charge in [0, 0.05) is 69.2 Å². The van der Waals surface area contributed by atoms with E-state index in [1.165, 1.54) is 25.0 Å². The molecule has 10 heteroatoms. The lowest BCUT2D eigenvalue weighted by atomic mass is 10.1. The molecule has 2 fully saturated rings. The first-order valence-electron chi connectivity index (χ1n) is 15.9. The molecule has 234 valence electrons. The normalized spacial score (nSPS) is 25.7. The molecule has 2 N–H and O–H groups in total. The van der Waals surface area contributed by atoms with Crippen LogP contribution in [0.2, 0.25) is 0 Å². The molecule has 4 aliphatic heterocycles. The molecule has 4 heterocycles. The summed E-state index contributed by atoms with van der Waals surface area (Å²) in [5, 5.41) is 7.27. The SMILES string of the molecule is CC1=C(/C=C/c2cccc(C(F)(F)F)c2)N=C(NC2=CC(C3CC3)NCCC2)N=C(N2CCN(C3C=CN=CC3)CC2)CC1. The molecule has 2 atom stereocenters. The molecule has 0 aromatic heterocycles. The first-order chi connectivity index (χ1) is 21.3. The van der Waals surface area contributed by atoms with Crippen molar-refractivity contribution in [3.05, 3.63) is 76.8 Å². The quantitative estimate of drug-likeness (QED) is 0.423. The molecule has 1 saturated heterocycles. The van der Waals surface area contributed by atoms with E-state index in [0.717, 1.165) is 93.7 Å². The smallest absolute Gasteiger partial charge is 0.357 e. The Morgan fingerprint density at radius 3 is 2.61 bits per heavy atom. The van der Waals surface area contributed by atoms with Crippen LogP contribution in [-0.4, -0.2) is 72.6 Å². The number of halogens is 3. The predicted molar refractivity (Wildman–Crippen MR) is 171 cm³/mol. The highest BCUT2D eigenvalue weighted by molar-refractivity contribution is 5.97. The number of amidine groups is 1. The van der Waals surface area contributed by atoms with Gasteiger partial charge in [-0.2, -0.15) is 18.2 Å². The van der Waals surface area contributed by atoms with Gasteiger partial charge >= 0.3 is 6.18 Å². The number of allylic oxidation sites excluding steroid dienone is 3. The second kappa shape index (κ2) is 13.6. The number of nitrogens with one attached hydrogen (secondary N) is 2. The summed E-state index contributed by atoms with van der Waals surface area (Å²) < 4.78 is 39.9. The number of benzene rings is 1. The third-order valence-corrected chi connectivity index (χ3v) is 9.05. The third-order valence-electron chi connectivity index (χ3n) is 9.05. The minimum absolute atomic E-state index is 0.363. The van der Waals surface area contributed by atoms with Crippen LogP contribution in [0.5, 0.6) is 0 Å². The molecule has 0 radical (unpaired) electrons. The predicted octanol–water partition coefficient (Wildman–Crippen LogP) is 6.15. The molecule has 0 amide bonds. The minimum Gasteiger partial charge on any atom is -0.357 e. The fourth-order valence-electron chi connectivity index (χ4n) is 6.25. The zero-order chi connectivity index (χ0) is 30.5. The molecule has 2 unspecified atom stereocenters. The summed E-state index contributed by atoms with van der Waals surface area (Å²) in [6, 6.07) is 6.15. The fourth-order valence-corrected chi connectivity index (χ4v) is 6.25. The summed E-state index contributed by atoms with van der Waals surface area (Å²) in [7, 11) is 0. The summed E-state index contributed by atoms with van der Waals surface area (Å²) in [6.07, 6.45) is 14.5. The zero-order valence-corrected chi connectivity index (χ0v) is 25.4. The highest BCUT2D eigenvalue weighted by atomic mass is 19.4. The van der Waals surface area contributed by atoms with Gasteiger partial charge in [-0.05, 0) is 93.0 Å². The molecule has 5 aliphatic rings. The number of hydrogen-bond acceptors (Lipinski definition) is 7. The first kappa shape index (κ1) is 30.5. The van der Waals surface area contributed by atoms with Crippen LogP contribution in [0.4, 0.5) is 13.2 Å². The molecule has 0 bridgehead atoms. The van der Waals surface area contributed by atoms with Crippen molar-refractivity contribution in [3.8, 4) is 0 Å². The Balaban J connectivity index is 1.25. The summed E-state index contributed by atoms with van der Waals surface area (Å²) in [5.41, 5.74) is 2.77. The summed E-state index contributed by atoms with van der Waals surface area (Å²) in [6.45, 7) is 6.76. The number of nitrogens with zero attached hydrogens (tertiary/aromatic N) is 5. The van der Waals surface area contributed by atoms with Crippen molar-refractivity contribution >= 4 is 24.1 Å². The lowest BCUT2D eigenvalue weighted by molar-refractivity contribution is -0.137. The largest absolute Gasteiger partial charge is 0.416 e. The minimum atomic E-state index is -4.38. The maximum absolute atomic E-state index is 13.3. The van der Waals surface area contributed by atoms with E-state index in [1.54, 1.807) is 12.1 Å². The second-order valence-corrected chi connectivity index (χ2v) is 12.3. The lowest BCUT2D eigenvalue weighted by Gasteiger charge is -2.40. The van der Waals surface area contributed by atoms with Gasteiger partial charge in [0.15, 0.2) is 0 Å². The molecule has 44 heavy (non-hydrogen) atoms. The van der Waals surface area contributed by atoms with Crippen molar-refractivity contribution in [2.75, 3.05) is 32.7 Å². The molecule has 6 rings (SSSR count). The van der Waals surface area contributed by atoms with E-state index in [9.17, 15) is 13.2 Å². The molecule has 1 aliphatic carbocycles. The van der Waals surface area contributed by atoms with Gasteiger partial charge < -0.3 is 15.5 Å². The number of hydrogen-bond donors (Lipinski definition) is 2. The van der Waals surface area contributed by atoms with Crippen LogP contribution in [0.25, 0.3) is 6.08 Å². The van der Waals surface area contributed by atoms with Gasteiger partial charge in [-0.1, -0.05) is 18.2 Å². The molecule has 1 saturated carbocycles. The standard InChI is InChI=1S/C34H42F3N7/c1-24-7-12-32(44-20-18-43(19-21-44)29-13-16-38-17-14-29)42-33(40-28-6-3-15-39-31(23-28)26-9-10-26)41-30(24)11-8-25-4-2-5-27(22-25)34(35,36)37/h2,4-5,8,11,13,16-17,22-23,26,29,31,39H,3,6-7,9-10,12,14-15,18-21H2,1H3,(H,40,41)/b11-8+,30-24?,42-32?. The van der Waals surface area contributed by atoms with Crippen LogP contribution < -0.4 is 10.6 Å². The van der Waals surface area contributed by atoms with Crippen molar-refractivity contribution < 1.29 is 13.2 Å². The number of piperazine rings is 1. The van der Waals surface area contributed by atoms with Crippen LogP contribution in [-0.2, 0) is 6.18 Å². The van der Waals surface area contributed by atoms with E-state index >= 15 is 0 Å². The second-order valence-electron chi connectivity index (χ2n) is 12.3. The van der Waals surface area contributed by atoms with Gasteiger partial charge in [-0.3, -0.25) is 9.89 Å². The number of rotatable bonds is 5. The molecule has 1 aromatic rings. The van der Waals surface area contributed by atoms with E-state index in [2.05, 4.69) is 44.5 Å². The Bertz CT molecular complexity index is 1410. The number of guanidine groups is 1. The highest BCUT2D eigenvalue weighted by Gasteiger charge is 2.32. The van der Waals surface area contributed by atoms with Crippen LogP contribution in [0.15, 0.2) is 80.6 Å². The van der Waals surface area contributed by atoms with Crippen LogP contribution in [0, 0.1) is 5.92 Å². The van der Waals surface area contributed by atoms with E-state index < -0.39 is 11.7 Å². The molecular weight excluding hydrogens is 563 g/mol. The first-order valence-corrected chi connectivity index (χ1v) is 15.9. The monoisotopic (exact) mass is 605 g/mol. The van der Waals surface area contributed by atoms with Crippen molar-refractivity contribution in [1.29, 1.82) is 0 Å². The van der Waals surface area contributed by atoms with Gasteiger partial charge in [-0.15, -0.1) is 0 Å². The van der Waals surface area contributed by atoms with E-state index in [-0.39, 0.29) is 0 Å². The Morgan fingerprint density at radius 1 is 1.02 bits per heavy atom. The van der Waals surface area contributed by atoms with Crippen molar-refractivity contribution in [2.24, 2.45) is 20.9 Å².